The van der Waals surface area contributed by atoms with Gasteiger partial charge in [0.2, 0.25) is 0 Å². The quantitative estimate of drug-likeness (QED) is 0.495. The Balaban J connectivity index is 2.65. The maximum absolute atomic E-state index is 11.9. The molecule has 1 N–H and O–H groups in total. The number of amides is 1. The van der Waals surface area contributed by atoms with Gasteiger partial charge in [-0.2, -0.15) is 0 Å². The van der Waals surface area contributed by atoms with Crippen LogP contribution in [0.25, 0.3) is 0 Å². The summed E-state index contributed by atoms with van der Waals surface area (Å²) in [6.07, 6.45) is 1.25. The van der Waals surface area contributed by atoms with Crippen molar-refractivity contribution in [1.29, 1.82) is 0 Å². The van der Waals surface area contributed by atoms with Crippen LogP contribution in [0.4, 0.5) is 10.6 Å². The highest BCUT2D eigenvalue weighted by atomic mass is 16.6. The standard InChI is InChI=1S/C15H20N2O4/c1-15(2,3)21-14(20)17-13-9-6-7-11(16-13)12(19)8-4-5-10-18/h6-7,9-10H,4-5,8H2,1-3H3,(H,16,17,20). The Morgan fingerprint density at radius 3 is 2.67 bits per heavy atom. The largest absolute Gasteiger partial charge is 0.444 e. The Kier molecular flexibility index (Phi) is 6.02. The first kappa shape index (κ1) is 16.8. The van der Waals surface area contributed by atoms with Crippen LogP contribution in [0.1, 0.15) is 50.5 Å². The van der Waals surface area contributed by atoms with Gasteiger partial charge in [-0.05, 0) is 39.3 Å². The summed E-state index contributed by atoms with van der Waals surface area (Å²) >= 11 is 0. The second-order valence-corrected chi connectivity index (χ2v) is 5.52. The average Bonchev–Trinajstić information content (AvgIpc) is 2.36. The van der Waals surface area contributed by atoms with Gasteiger partial charge in [0.1, 0.15) is 23.4 Å². The minimum absolute atomic E-state index is 0.162. The Hall–Kier alpha value is -2.24. The van der Waals surface area contributed by atoms with E-state index >= 15 is 0 Å². The molecule has 1 aromatic heterocycles. The zero-order valence-corrected chi connectivity index (χ0v) is 12.5. The Morgan fingerprint density at radius 2 is 2.05 bits per heavy atom. The van der Waals surface area contributed by atoms with E-state index in [1.165, 1.54) is 0 Å². The summed E-state index contributed by atoms with van der Waals surface area (Å²) in [5.74, 6) is 0.0928. The van der Waals surface area contributed by atoms with E-state index in [-0.39, 0.29) is 23.7 Å². The molecule has 0 bridgehead atoms. The third kappa shape index (κ3) is 6.65. The minimum Gasteiger partial charge on any atom is -0.444 e. The van der Waals surface area contributed by atoms with Crippen LogP contribution in [0, 0.1) is 0 Å². The Labute approximate surface area is 123 Å². The zero-order valence-electron chi connectivity index (χ0n) is 12.5. The molecule has 0 aliphatic heterocycles. The molecule has 6 nitrogen and oxygen atoms in total. The maximum atomic E-state index is 11.9. The number of hydrogen-bond acceptors (Lipinski definition) is 5. The normalized spacial score (nSPS) is 10.8. The molecule has 0 saturated carbocycles. The second-order valence-electron chi connectivity index (χ2n) is 5.52. The molecule has 0 fully saturated rings. The molecular weight excluding hydrogens is 272 g/mol. The molecule has 1 rings (SSSR count). The predicted molar refractivity (Wildman–Crippen MR) is 78.3 cm³/mol. The van der Waals surface area contributed by atoms with E-state index in [9.17, 15) is 14.4 Å². The van der Waals surface area contributed by atoms with Gasteiger partial charge in [-0.1, -0.05) is 6.07 Å². The number of carbonyl (C=O) groups is 3. The van der Waals surface area contributed by atoms with Gasteiger partial charge in [0.15, 0.2) is 5.78 Å². The third-order valence-corrected chi connectivity index (χ3v) is 2.39. The number of aldehydes is 1. The fourth-order valence-electron chi connectivity index (χ4n) is 1.54. The van der Waals surface area contributed by atoms with Crippen molar-refractivity contribution in [3.63, 3.8) is 0 Å². The number of aromatic nitrogens is 1. The first-order valence-corrected chi connectivity index (χ1v) is 6.76. The van der Waals surface area contributed by atoms with Gasteiger partial charge in [0.05, 0.1) is 0 Å². The van der Waals surface area contributed by atoms with Crippen molar-refractivity contribution in [2.75, 3.05) is 5.32 Å². The molecule has 114 valence electrons. The number of anilines is 1. The average molecular weight is 292 g/mol. The Bertz CT molecular complexity index is 521. The number of carbonyl (C=O) groups excluding carboxylic acids is 3. The summed E-state index contributed by atoms with van der Waals surface area (Å²) in [6, 6.07) is 4.78. The van der Waals surface area contributed by atoms with Crippen LogP contribution in [-0.2, 0) is 9.53 Å². The number of Topliss-reactive ketones (excluding diaryl/α,β-unsaturated/α-hetero) is 1. The van der Waals surface area contributed by atoms with Gasteiger partial charge in [-0.25, -0.2) is 9.78 Å². The summed E-state index contributed by atoms with van der Waals surface area (Å²) < 4.78 is 5.11. The monoisotopic (exact) mass is 292 g/mol. The lowest BCUT2D eigenvalue weighted by atomic mass is 10.1. The van der Waals surface area contributed by atoms with Crippen LogP contribution >= 0.6 is 0 Å². The van der Waals surface area contributed by atoms with Crippen LogP contribution in [0.2, 0.25) is 0 Å². The number of ether oxygens (including phenoxy) is 1. The molecule has 1 amide bonds. The fourth-order valence-corrected chi connectivity index (χ4v) is 1.54. The molecule has 21 heavy (non-hydrogen) atoms. The number of pyridine rings is 1. The van der Waals surface area contributed by atoms with Crippen molar-refractivity contribution in [3.05, 3.63) is 23.9 Å². The third-order valence-electron chi connectivity index (χ3n) is 2.39. The van der Waals surface area contributed by atoms with Crippen molar-refractivity contribution in [1.82, 2.24) is 4.98 Å². The first-order valence-electron chi connectivity index (χ1n) is 6.76. The number of unbranched alkanes of at least 4 members (excludes halogenated alkanes) is 1. The van der Waals surface area contributed by atoms with Gasteiger partial charge >= 0.3 is 6.09 Å². The van der Waals surface area contributed by atoms with E-state index in [2.05, 4.69) is 10.3 Å². The van der Waals surface area contributed by atoms with Gasteiger partial charge < -0.3 is 9.53 Å². The molecule has 0 saturated heterocycles. The topological polar surface area (TPSA) is 85.4 Å². The maximum Gasteiger partial charge on any atom is 0.413 e. The molecule has 0 unspecified atom stereocenters. The lowest BCUT2D eigenvalue weighted by Crippen LogP contribution is -2.27. The summed E-state index contributed by atoms with van der Waals surface area (Å²) in [7, 11) is 0. The second kappa shape index (κ2) is 7.52. The molecule has 0 aliphatic rings. The molecule has 0 radical (unpaired) electrons. The fraction of sp³-hybridized carbons (Fsp3) is 0.467. The van der Waals surface area contributed by atoms with E-state index < -0.39 is 11.7 Å². The van der Waals surface area contributed by atoms with Gasteiger partial charge in [-0.3, -0.25) is 10.1 Å². The van der Waals surface area contributed by atoms with Crippen LogP contribution in [0.5, 0.6) is 0 Å². The molecule has 6 heteroatoms. The number of nitrogens with zero attached hydrogens (tertiary/aromatic N) is 1. The van der Waals surface area contributed by atoms with Crippen LogP contribution < -0.4 is 5.32 Å². The smallest absolute Gasteiger partial charge is 0.413 e. The van der Waals surface area contributed by atoms with Crippen molar-refractivity contribution in [3.8, 4) is 0 Å². The molecule has 1 aromatic rings. The highest BCUT2D eigenvalue weighted by molar-refractivity contribution is 5.95. The van der Waals surface area contributed by atoms with E-state index in [1.807, 2.05) is 0 Å². The number of nitrogens with one attached hydrogen (secondary N) is 1. The molecule has 0 aromatic carbocycles. The van der Waals surface area contributed by atoms with Crippen molar-refractivity contribution >= 4 is 24.0 Å². The van der Waals surface area contributed by atoms with Gasteiger partial charge in [-0.15, -0.1) is 0 Å². The molecule has 1 heterocycles. The van der Waals surface area contributed by atoms with Crippen molar-refractivity contribution in [2.24, 2.45) is 0 Å². The highest BCUT2D eigenvalue weighted by Gasteiger charge is 2.17. The first-order chi connectivity index (χ1) is 9.81. The summed E-state index contributed by atoms with van der Waals surface area (Å²) in [6.45, 7) is 5.27. The van der Waals surface area contributed by atoms with E-state index in [4.69, 9.17) is 4.74 Å². The number of ketones is 1. The number of hydrogen-bond donors (Lipinski definition) is 1. The predicted octanol–water partition coefficient (Wildman–Crippen LogP) is 2.98. The molecule has 0 aliphatic carbocycles. The van der Waals surface area contributed by atoms with Gasteiger partial charge in [0.25, 0.3) is 0 Å². The summed E-state index contributed by atoms with van der Waals surface area (Å²) in [4.78, 5) is 37.8. The van der Waals surface area contributed by atoms with Crippen LogP contribution in [0.3, 0.4) is 0 Å². The van der Waals surface area contributed by atoms with Crippen LogP contribution in [-0.4, -0.2) is 28.7 Å². The van der Waals surface area contributed by atoms with Crippen LogP contribution in [0.15, 0.2) is 18.2 Å². The molecule has 0 spiro atoms. The minimum atomic E-state index is -0.624. The molecular formula is C15H20N2O4. The summed E-state index contributed by atoms with van der Waals surface area (Å²) in [5.41, 5.74) is -0.346. The van der Waals surface area contributed by atoms with Gasteiger partial charge in [0, 0.05) is 12.8 Å². The van der Waals surface area contributed by atoms with E-state index in [0.29, 0.717) is 12.8 Å². The Morgan fingerprint density at radius 1 is 1.33 bits per heavy atom. The van der Waals surface area contributed by atoms with E-state index in [0.717, 1.165) is 6.29 Å². The van der Waals surface area contributed by atoms with Crippen molar-refractivity contribution < 1.29 is 19.1 Å². The van der Waals surface area contributed by atoms with E-state index in [1.54, 1.807) is 39.0 Å². The number of rotatable bonds is 6. The SMILES string of the molecule is CC(C)(C)OC(=O)Nc1cccc(C(=O)CCCC=O)n1. The lowest BCUT2D eigenvalue weighted by molar-refractivity contribution is -0.107. The highest BCUT2D eigenvalue weighted by Crippen LogP contribution is 2.12. The zero-order chi connectivity index (χ0) is 15.9. The lowest BCUT2D eigenvalue weighted by Gasteiger charge is -2.19. The van der Waals surface area contributed by atoms with Crippen molar-refractivity contribution in [2.45, 2.75) is 45.6 Å². The summed E-state index contributed by atoms with van der Waals surface area (Å²) in [5, 5.41) is 2.48. The molecule has 0 atom stereocenters.